The molecule has 0 amide bonds. The molecule has 0 radical (unpaired) electrons. The Kier molecular flexibility index (Phi) is 4.76. The smallest absolute Gasteiger partial charge is 0.0299 e. The van der Waals surface area contributed by atoms with E-state index in [0.29, 0.717) is 5.92 Å². The van der Waals surface area contributed by atoms with Gasteiger partial charge in [-0.1, -0.05) is 31.9 Å². The third-order valence-electron chi connectivity index (χ3n) is 1.80. The summed E-state index contributed by atoms with van der Waals surface area (Å²) < 4.78 is 0. The minimum atomic E-state index is 0.626. The molecule has 0 saturated heterocycles. The largest absolute Gasteiger partial charge is 0.106 e. The van der Waals surface area contributed by atoms with Crippen LogP contribution in [-0.2, 0) is 0 Å². The normalized spacial score (nSPS) is 11.5. The summed E-state index contributed by atoms with van der Waals surface area (Å²) in [6.45, 7) is 10.2. The quantitative estimate of drug-likeness (QED) is 0.413. The van der Waals surface area contributed by atoms with Gasteiger partial charge in [0.2, 0.25) is 0 Å². The first-order chi connectivity index (χ1) is 4.72. The Morgan fingerprint density at radius 3 is 2.60 bits per heavy atom. The van der Waals surface area contributed by atoms with Crippen LogP contribution in [0.5, 0.6) is 0 Å². The van der Waals surface area contributed by atoms with Crippen molar-refractivity contribution in [3.05, 3.63) is 12.2 Å². The van der Waals surface area contributed by atoms with E-state index in [1.165, 1.54) is 12.0 Å². The SMILES string of the molecule is C=C(CC#CC)C(C)CC. The Labute approximate surface area is 64.3 Å². The highest BCUT2D eigenvalue weighted by atomic mass is 14.1. The maximum absolute atomic E-state index is 3.96. The zero-order valence-electron chi connectivity index (χ0n) is 7.20. The molecule has 0 aliphatic heterocycles. The zero-order chi connectivity index (χ0) is 7.98. The number of allylic oxidation sites excluding steroid dienone is 1. The van der Waals surface area contributed by atoms with Crippen LogP contribution < -0.4 is 0 Å². The van der Waals surface area contributed by atoms with Crippen LogP contribution in [0.1, 0.15) is 33.6 Å². The molecule has 0 aromatic heterocycles. The molecule has 0 aromatic rings. The second kappa shape index (κ2) is 5.11. The molecule has 0 heterocycles. The minimum Gasteiger partial charge on any atom is -0.106 e. The molecule has 0 nitrogen and oxygen atoms in total. The van der Waals surface area contributed by atoms with Crippen LogP contribution in [0.4, 0.5) is 0 Å². The molecule has 0 aliphatic carbocycles. The Morgan fingerprint density at radius 1 is 1.60 bits per heavy atom. The van der Waals surface area contributed by atoms with Crippen LogP contribution in [0.25, 0.3) is 0 Å². The molecule has 0 fully saturated rings. The molecule has 10 heavy (non-hydrogen) atoms. The fourth-order valence-electron chi connectivity index (χ4n) is 0.665. The van der Waals surface area contributed by atoms with Crippen LogP contribution in [0.3, 0.4) is 0 Å². The summed E-state index contributed by atoms with van der Waals surface area (Å²) in [5.74, 6) is 6.51. The number of rotatable bonds is 3. The van der Waals surface area contributed by atoms with Gasteiger partial charge in [0.25, 0.3) is 0 Å². The molecule has 0 saturated carbocycles. The predicted molar refractivity (Wildman–Crippen MR) is 46.7 cm³/mol. The van der Waals surface area contributed by atoms with E-state index in [1.54, 1.807) is 0 Å². The Bertz CT molecular complexity index is 155. The summed E-state index contributed by atoms with van der Waals surface area (Å²) in [5.41, 5.74) is 1.26. The van der Waals surface area contributed by atoms with Crippen molar-refractivity contribution in [2.24, 2.45) is 5.92 Å². The van der Waals surface area contributed by atoms with E-state index in [9.17, 15) is 0 Å². The summed E-state index contributed by atoms with van der Waals surface area (Å²) in [4.78, 5) is 0. The van der Waals surface area contributed by atoms with Crippen molar-refractivity contribution in [2.75, 3.05) is 0 Å². The first-order valence-corrected chi connectivity index (χ1v) is 3.79. The third kappa shape index (κ3) is 3.35. The maximum Gasteiger partial charge on any atom is 0.0299 e. The molecule has 1 atom stereocenters. The van der Waals surface area contributed by atoms with Crippen molar-refractivity contribution in [3.63, 3.8) is 0 Å². The first kappa shape index (κ1) is 9.30. The van der Waals surface area contributed by atoms with E-state index in [2.05, 4.69) is 32.3 Å². The van der Waals surface area contributed by atoms with Crippen LogP contribution in [0.2, 0.25) is 0 Å². The van der Waals surface area contributed by atoms with Gasteiger partial charge >= 0.3 is 0 Å². The van der Waals surface area contributed by atoms with Crippen molar-refractivity contribution in [1.29, 1.82) is 0 Å². The summed E-state index contributed by atoms with van der Waals surface area (Å²) in [6, 6.07) is 0. The standard InChI is InChI=1S/C10H16/c1-5-7-8-10(4)9(3)6-2/h9H,4,6,8H2,1-3H3. The van der Waals surface area contributed by atoms with E-state index in [-0.39, 0.29) is 0 Å². The maximum atomic E-state index is 3.96. The van der Waals surface area contributed by atoms with Crippen molar-refractivity contribution >= 4 is 0 Å². The van der Waals surface area contributed by atoms with Crippen LogP contribution in [0, 0.1) is 17.8 Å². The average Bonchev–Trinajstić information content (AvgIpc) is 1.98. The van der Waals surface area contributed by atoms with Gasteiger partial charge in [0.05, 0.1) is 0 Å². The van der Waals surface area contributed by atoms with E-state index >= 15 is 0 Å². The van der Waals surface area contributed by atoms with Gasteiger partial charge in [0.1, 0.15) is 0 Å². The lowest BCUT2D eigenvalue weighted by Gasteiger charge is -2.07. The highest BCUT2D eigenvalue weighted by Gasteiger charge is 2.00. The summed E-state index contributed by atoms with van der Waals surface area (Å²) in [7, 11) is 0. The fraction of sp³-hybridized carbons (Fsp3) is 0.600. The van der Waals surface area contributed by atoms with Gasteiger partial charge in [-0.15, -0.1) is 5.92 Å². The number of hydrogen-bond acceptors (Lipinski definition) is 0. The fourth-order valence-corrected chi connectivity index (χ4v) is 0.665. The van der Waals surface area contributed by atoms with Crippen molar-refractivity contribution in [3.8, 4) is 11.8 Å². The van der Waals surface area contributed by atoms with E-state index in [1.807, 2.05) is 6.92 Å². The molecule has 0 heteroatoms. The molecule has 0 spiro atoms. The van der Waals surface area contributed by atoms with Crippen LogP contribution >= 0.6 is 0 Å². The highest BCUT2D eigenvalue weighted by molar-refractivity contribution is 5.11. The average molecular weight is 136 g/mol. The monoisotopic (exact) mass is 136 g/mol. The Hall–Kier alpha value is -0.700. The predicted octanol–water partition coefficient (Wildman–Crippen LogP) is 3.00. The lowest BCUT2D eigenvalue weighted by Crippen LogP contribution is -1.94. The molecule has 0 bridgehead atoms. The molecular weight excluding hydrogens is 120 g/mol. The zero-order valence-corrected chi connectivity index (χ0v) is 7.20. The van der Waals surface area contributed by atoms with Gasteiger partial charge in [-0.25, -0.2) is 0 Å². The van der Waals surface area contributed by atoms with Gasteiger partial charge in [-0.2, -0.15) is 0 Å². The van der Waals surface area contributed by atoms with Crippen molar-refractivity contribution in [1.82, 2.24) is 0 Å². The highest BCUT2D eigenvalue weighted by Crippen LogP contribution is 2.14. The van der Waals surface area contributed by atoms with Crippen molar-refractivity contribution in [2.45, 2.75) is 33.6 Å². The minimum absolute atomic E-state index is 0.626. The van der Waals surface area contributed by atoms with E-state index in [0.717, 1.165) is 6.42 Å². The first-order valence-electron chi connectivity index (χ1n) is 3.79. The summed E-state index contributed by atoms with van der Waals surface area (Å²) in [6.07, 6.45) is 2.04. The Morgan fingerprint density at radius 2 is 2.20 bits per heavy atom. The van der Waals surface area contributed by atoms with Crippen molar-refractivity contribution < 1.29 is 0 Å². The molecule has 1 unspecified atom stereocenters. The molecule has 0 aliphatic rings. The molecule has 0 rings (SSSR count). The second-order valence-corrected chi connectivity index (χ2v) is 2.57. The summed E-state index contributed by atoms with van der Waals surface area (Å²) in [5, 5.41) is 0. The molecule has 0 N–H and O–H groups in total. The van der Waals surface area contributed by atoms with Crippen LogP contribution in [0.15, 0.2) is 12.2 Å². The third-order valence-corrected chi connectivity index (χ3v) is 1.80. The van der Waals surface area contributed by atoms with Gasteiger partial charge in [-0.05, 0) is 19.3 Å². The molecular formula is C10H16. The van der Waals surface area contributed by atoms with Gasteiger partial charge in [0, 0.05) is 6.42 Å². The van der Waals surface area contributed by atoms with Crippen LogP contribution in [-0.4, -0.2) is 0 Å². The summed E-state index contributed by atoms with van der Waals surface area (Å²) >= 11 is 0. The van der Waals surface area contributed by atoms with Gasteiger partial charge in [-0.3, -0.25) is 0 Å². The number of hydrogen-bond donors (Lipinski definition) is 0. The lowest BCUT2D eigenvalue weighted by atomic mass is 9.98. The molecule has 0 aromatic carbocycles. The van der Waals surface area contributed by atoms with Gasteiger partial charge < -0.3 is 0 Å². The lowest BCUT2D eigenvalue weighted by molar-refractivity contribution is 0.647. The Balaban J connectivity index is 3.69. The topological polar surface area (TPSA) is 0 Å². The van der Waals surface area contributed by atoms with Gasteiger partial charge in [0.15, 0.2) is 0 Å². The molecule has 56 valence electrons. The van der Waals surface area contributed by atoms with E-state index < -0.39 is 0 Å². The van der Waals surface area contributed by atoms with E-state index in [4.69, 9.17) is 0 Å². The second-order valence-electron chi connectivity index (χ2n) is 2.57.